The second-order valence-electron chi connectivity index (χ2n) is 6.69. The van der Waals surface area contributed by atoms with Crippen molar-refractivity contribution in [3.8, 4) is 5.69 Å². The minimum atomic E-state index is -0.534. The van der Waals surface area contributed by atoms with E-state index in [0.717, 1.165) is 29.9 Å². The average Bonchev–Trinajstić information content (AvgIpc) is 3.05. The normalized spacial score (nSPS) is 11.0. The van der Waals surface area contributed by atoms with E-state index < -0.39 is 5.97 Å². The van der Waals surface area contributed by atoms with Crippen molar-refractivity contribution >= 4 is 22.9 Å². The van der Waals surface area contributed by atoms with Gasteiger partial charge in [0.1, 0.15) is 5.82 Å². The molecule has 0 radical (unpaired) electrons. The van der Waals surface area contributed by atoms with Gasteiger partial charge in [0.2, 0.25) is 0 Å². The molecule has 1 N–H and O–H groups in total. The highest BCUT2D eigenvalue weighted by molar-refractivity contribution is 5.95. The summed E-state index contributed by atoms with van der Waals surface area (Å²) in [5.74, 6) is 0.0112. The number of imidazole rings is 1. The third-order valence-corrected chi connectivity index (χ3v) is 4.76. The van der Waals surface area contributed by atoms with Crippen molar-refractivity contribution in [2.75, 3.05) is 6.61 Å². The largest absolute Gasteiger partial charge is 0.452 e. The zero-order chi connectivity index (χ0) is 20.1. The number of carbonyl (C=O) groups excluding carboxylic acids is 2. The molecule has 0 saturated carbocycles. The predicted octanol–water partition coefficient (Wildman–Crippen LogP) is 3.80. The molecule has 0 atom stereocenters. The van der Waals surface area contributed by atoms with Crippen molar-refractivity contribution in [3.63, 3.8) is 0 Å². The molecule has 0 aliphatic carbocycles. The van der Waals surface area contributed by atoms with Gasteiger partial charge in [0, 0.05) is 11.7 Å². The highest BCUT2D eigenvalue weighted by Gasteiger charge is 2.15. The number of benzene rings is 2. The van der Waals surface area contributed by atoms with E-state index in [0.29, 0.717) is 11.1 Å². The summed E-state index contributed by atoms with van der Waals surface area (Å²) in [5.41, 5.74) is 3.00. The van der Waals surface area contributed by atoms with E-state index in [1.165, 1.54) is 0 Å². The Kier molecular flexibility index (Phi) is 6.09. The number of esters is 1. The number of nitrogens with zero attached hydrogens (tertiary/aromatic N) is 2. The van der Waals surface area contributed by atoms with Crippen molar-refractivity contribution in [1.82, 2.24) is 14.9 Å². The number of hydrogen-bond acceptors (Lipinski definition) is 4. The van der Waals surface area contributed by atoms with Crippen LogP contribution < -0.4 is 5.32 Å². The number of nitrogens with one attached hydrogen (secondary N) is 1. The van der Waals surface area contributed by atoms with Gasteiger partial charge in [-0.05, 0) is 50.1 Å². The van der Waals surface area contributed by atoms with Crippen LogP contribution in [-0.4, -0.2) is 34.1 Å². The van der Waals surface area contributed by atoms with Gasteiger partial charge in [-0.2, -0.15) is 0 Å². The lowest BCUT2D eigenvalue weighted by atomic mass is 10.2. The molecule has 1 heterocycles. The Labute approximate surface area is 164 Å². The standard InChI is InChI=1S/C22H25N3O3/c1-4-17(5-2)24-21(26)14-28-22(27)16-11-12-20-19(13-16)23-15(3)25(20)18-9-7-6-8-10-18/h6-13,17H,4-5,14H2,1-3H3,(H,24,26). The second-order valence-corrected chi connectivity index (χ2v) is 6.69. The van der Waals surface area contributed by atoms with E-state index in [1.807, 2.05) is 61.7 Å². The lowest BCUT2D eigenvalue weighted by Gasteiger charge is -2.14. The number of aromatic nitrogens is 2. The van der Waals surface area contributed by atoms with Crippen LogP contribution in [0.25, 0.3) is 16.7 Å². The van der Waals surface area contributed by atoms with Crippen LogP contribution in [0, 0.1) is 6.92 Å². The number of para-hydroxylation sites is 1. The Morgan fingerprint density at radius 2 is 1.82 bits per heavy atom. The van der Waals surface area contributed by atoms with Gasteiger partial charge in [0.05, 0.1) is 16.6 Å². The van der Waals surface area contributed by atoms with Crippen molar-refractivity contribution < 1.29 is 14.3 Å². The van der Waals surface area contributed by atoms with E-state index in [9.17, 15) is 9.59 Å². The maximum absolute atomic E-state index is 12.3. The first-order valence-electron chi connectivity index (χ1n) is 9.54. The van der Waals surface area contributed by atoms with Crippen molar-refractivity contribution in [2.24, 2.45) is 0 Å². The molecule has 6 heteroatoms. The van der Waals surface area contributed by atoms with E-state index in [2.05, 4.69) is 10.3 Å². The molecular formula is C22H25N3O3. The number of carbonyl (C=O) groups is 2. The van der Waals surface area contributed by atoms with Crippen LogP contribution in [-0.2, 0) is 9.53 Å². The number of hydrogen-bond donors (Lipinski definition) is 1. The summed E-state index contributed by atoms with van der Waals surface area (Å²) >= 11 is 0. The summed E-state index contributed by atoms with van der Waals surface area (Å²) in [6.45, 7) is 5.65. The Bertz CT molecular complexity index is 975. The molecule has 1 amide bonds. The summed E-state index contributed by atoms with van der Waals surface area (Å²) in [6.07, 6.45) is 1.69. The van der Waals surface area contributed by atoms with Gasteiger partial charge in [0.15, 0.2) is 6.61 Å². The molecule has 28 heavy (non-hydrogen) atoms. The minimum Gasteiger partial charge on any atom is -0.452 e. The first kappa shape index (κ1) is 19.6. The van der Waals surface area contributed by atoms with Gasteiger partial charge < -0.3 is 10.1 Å². The first-order valence-corrected chi connectivity index (χ1v) is 9.54. The molecule has 3 aromatic rings. The number of rotatable bonds is 7. The topological polar surface area (TPSA) is 73.2 Å². The van der Waals surface area contributed by atoms with Crippen LogP contribution in [0.3, 0.4) is 0 Å². The maximum Gasteiger partial charge on any atom is 0.338 e. The SMILES string of the molecule is CCC(CC)NC(=O)COC(=O)c1ccc2c(c1)nc(C)n2-c1ccccc1. The Hall–Kier alpha value is -3.15. The summed E-state index contributed by atoms with van der Waals surface area (Å²) in [6, 6.07) is 15.3. The lowest BCUT2D eigenvalue weighted by molar-refractivity contribution is -0.125. The molecule has 0 aliphatic heterocycles. The number of ether oxygens (including phenoxy) is 1. The molecule has 2 aromatic carbocycles. The highest BCUT2D eigenvalue weighted by atomic mass is 16.5. The van der Waals surface area contributed by atoms with Crippen LogP contribution in [0.4, 0.5) is 0 Å². The summed E-state index contributed by atoms with van der Waals surface area (Å²) in [4.78, 5) is 28.8. The van der Waals surface area contributed by atoms with Crippen molar-refractivity contribution in [3.05, 3.63) is 59.9 Å². The molecule has 3 rings (SSSR count). The quantitative estimate of drug-likeness (QED) is 0.634. The Balaban J connectivity index is 1.74. The minimum absolute atomic E-state index is 0.104. The van der Waals surface area contributed by atoms with Crippen LogP contribution in [0.15, 0.2) is 48.5 Å². The molecule has 6 nitrogen and oxygen atoms in total. The van der Waals surface area contributed by atoms with Gasteiger partial charge in [0.25, 0.3) is 5.91 Å². The molecule has 0 aliphatic rings. The van der Waals surface area contributed by atoms with Gasteiger partial charge in [-0.3, -0.25) is 9.36 Å². The molecule has 0 unspecified atom stereocenters. The third-order valence-electron chi connectivity index (χ3n) is 4.76. The van der Waals surface area contributed by atoms with E-state index in [4.69, 9.17) is 4.74 Å². The van der Waals surface area contributed by atoms with E-state index >= 15 is 0 Å². The van der Waals surface area contributed by atoms with Gasteiger partial charge >= 0.3 is 5.97 Å². The predicted molar refractivity (Wildman–Crippen MR) is 109 cm³/mol. The first-order chi connectivity index (χ1) is 13.5. The Morgan fingerprint density at radius 1 is 1.11 bits per heavy atom. The van der Waals surface area contributed by atoms with Crippen molar-refractivity contribution in [1.29, 1.82) is 0 Å². The lowest BCUT2D eigenvalue weighted by Crippen LogP contribution is -2.36. The molecule has 146 valence electrons. The molecule has 1 aromatic heterocycles. The van der Waals surface area contributed by atoms with Gasteiger partial charge in [-0.25, -0.2) is 9.78 Å². The van der Waals surface area contributed by atoms with E-state index in [-0.39, 0.29) is 18.6 Å². The maximum atomic E-state index is 12.3. The highest BCUT2D eigenvalue weighted by Crippen LogP contribution is 2.22. The van der Waals surface area contributed by atoms with Crippen LogP contribution in [0.5, 0.6) is 0 Å². The van der Waals surface area contributed by atoms with Crippen LogP contribution in [0.1, 0.15) is 42.9 Å². The third kappa shape index (κ3) is 4.22. The zero-order valence-electron chi connectivity index (χ0n) is 16.4. The van der Waals surface area contributed by atoms with Crippen molar-refractivity contribution in [2.45, 2.75) is 39.7 Å². The molecule has 0 saturated heterocycles. The molecular weight excluding hydrogens is 354 g/mol. The summed E-state index contributed by atoms with van der Waals surface area (Å²) < 4.78 is 7.20. The number of fused-ring (bicyclic) bond motifs is 1. The molecule has 0 bridgehead atoms. The monoisotopic (exact) mass is 379 g/mol. The molecule has 0 fully saturated rings. The van der Waals surface area contributed by atoms with Gasteiger partial charge in [-0.15, -0.1) is 0 Å². The van der Waals surface area contributed by atoms with Crippen LogP contribution >= 0.6 is 0 Å². The Morgan fingerprint density at radius 3 is 2.50 bits per heavy atom. The summed E-state index contributed by atoms with van der Waals surface area (Å²) in [5, 5.41) is 2.85. The fourth-order valence-electron chi connectivity index (χ4n) is 3.21. The molecule has 0 spiro atoms. The van der Waals surface area contributed by atoms with Gasteiger partial charge in [-0.1, -0.05) is 32.0 Å². The smallest absolute Gasteiger partial charge is 0.338 e. The van der Waals surface area contributed by atoms with Crippen LogP contribution in [0.2, 0.25) is 0 Å². The average molecular weight is 379 g/mol. The number of amides is 1. The fourth-order valence-corrected chi connectivity index (χ4v) is 3.21. The zero-order valence-corrected chi connectivity index (χ0v) is 16.4. The summed E-state index contributed by atoms with van der Waals surface area (Å²) in [7, 11) is 0. The second kappa shape index (κ2) is 8.69. The fraction of sp³-hybridized carbons (Fsp3) is 0.318. The number of aryl methyl sites for hydroxylation is 1. The van der Waals surface area contributed by atoms with E-state index in [1.54, 1.807) is 12.1 Å².